The highest BCUT2D eigenvalue weighted by Crippen LogP contribution is 2.69. The van der Waals surface area contributed by atoms with Crippen LogP contribution in [0.5, 0.6) is 5.75 Å². The molecule has 1 aromatic rings. The van der Waals surface area contributed by atoms with Crippen LogP contribution in [-0.4, -0.2) is 54.9 Å². The van der Waals surface area contributed by atoms with E-state index in [0.717, 1.165) is 44.7 Å². The van der Waals surface area contributed by atoms with E-state index in [2.05, 4.69) is 24.0 Å². The van der Waals surface area contributed by atoms with Crippen LogP contribution in [0.15, 0.2) is 12.1 Å². The molecule has 5 heteroatoms. The first kappa shape index (κ1) is 14.0. The van der Waals surface area contributed by atoms with Gasteiger partial charge in [0.1, 0.15) is 12.5 Å². The third-order valence-electron chi connectivity index (χ3n) is 8.02. The molecule has 2 aliphatic carbocycles. The second-order valence-corrected chi connectivity index (χ2v) is 8.67. The van der Waals surface area contributed by atoms with Gasteiger partial charge in [-0.25, -0.2) is 0 Å². The first-order chi connectivity index (χ1) is 12.2. The highest BCUT2D eigenvalue weighted by atomic mass is 16.8. The van der Waals surface area contributed by atoms with Crippen molar-refractivity contribution < 1.29 is 18.9 Å². The molecule has 4 heterocycles. The second kappa shape index (κ2) is 4.06. The molecule has 0 N–H and O–H groups in total. The molecule has 1 aromatic carbocycles. The van der Waals surface area contributed by atoms with Gasteiger partial charge in [-0.05, 0) is 37.3 Å². The van der Waals surface area contributed by atoms with E-state index in [1.807, 2.05) is 0 Å². The summed E-state index contributed by atoms with van der Waals surface area (Å²) in [7, 11) is 0. The number of ether oxygens (including phenoxy) is 4. The normalized spacial score (nSPS) is 47.0. The summed E-state index contributed by atoms with van der Waals surface area (Å²) in [6, 6.07) is 5.01. The van der Waals surface area contributed by atoms with Crippen molar-refractivity contribution in [2.24, 2.45) is 0 Å². The number of hydrogen-bond donors (Lipinski definition) is 0. The SMILES string of the molecule is Cc1ccc2c3c1O[C@H]1C4(CC[C@]56OCN(CC[C@]315)[C@@H]6C2)OCCO4. The summed E-state index contributed by atoms with van der Waals surface area (Å²) in [5, 5.41) is 0. The van der Waals surface area contributed by atoms with Crippen LogP contribution >= 0.6 is 0 Å². The molecule has 25 heavy (non-hydrogen) atoms. The zero-order valence-electron chi connectivity index (χ0n) is 14.5. The fraction of sp³-hybridized carbons (Fsp3) is 0.700. The maximum Gasteiger partial charge on any atom is 0.207 e. The molecule has 7 rings (SSSR count). The van der Waals surface area contributed by atoms with Gasteiger partial charge in [-0.1, -0.05) is 12.1 Å². The number of rotatable bonds is 0. The molecule has 0 radical (unpaired) electrons. The molecule has 3 spiro atoms. The van der Waals surface area contributed by atoms with Gasteiger partial charge in [0.25, 0.3) is 0 Å². The highest BCUT2D eigenvalue weighted by Gasteiger charge is 2.79. The Morgan fingerprint density at radius 3 is 2.84 bits per heavy atom. The summed E-state index contributed by atoms with van der Waals surface area (Å²) in [6.45, 7) is 5.34. The lowest BCUT2D eigenvalue weighted by Gasteiger charge is -2.62. The lowest BCUT2D eigenvalue weighted by atomic mass is 9.48. The Morgan fingerprint density at radius 1 is 1.08 bits per heavy atom. The largest absolute Gasteiger partial charge is 0.483 e. The van der Waals surface area contributed by atoms with Crippen LogP contribution in [0.1, 0.15) is 36.0 Å². The summed E-state index contributed by atoms with van der Waals surface area (Å²) >= 11 is 0. The van der Waals surface area contributed by atoms with Crippen LogP contribution in [0.3, 0.4) is 0 Å². The topological polar surface area (TPSA) is 40.2 Å². The molecule has 5 atom stereocenters. The Labute approximate surface area is 147 Å². The van der Waals surface area contributed by atoms with Crippen LogP contribution in [0.2, 0.25) is 0 Å². The average molecular weight is 341 g/mol. The molecule has 132 valence electrons. The standard InChI is InChI=1S/C20H23NO4/c1-12-2-3-13-10-14-19-4-5-20(22-8-9-23-20)17-18(19,15(13)16(12)25-17)6-7-21(14)11-24-19/h2-3,14,17H,4-11H2,1H3/t14-,17-,18+,19-/m1/s1. The Hall–Kier alpha value is -1.14. The van der Waals surface area contributed by atoms with E-state index < -0.39 is 5.79 Å². The van der Waals surface area contributed by atoms with Gasteiger partial charge in [0.2, 0.25) is 5.79 Å². The molecular formula is C20H23NO4. The summed E-state index contributed by atoms with van der Waals surface area (Å²) in [5.74, 6) is 0.494. The van der Waals surface area contributed by atoms with Crippen molar-refractivity contribution in [3.63, 3.8) is 0 Å². The molecule has 3 saturated heterocycles. The maximum absolute atomic E-state index is 6.74. The van der Waals surface area contributed by atoms with Gasteiger partial charge in [0, 0.05) is 24.6 Å². The van der Waals surface area contributed by atoms with E-state index in [1.165, 1.54) is 16.7 Å². The third-order valence-corrected chi connectivity index (χ3v) is 8.02. The van der Waals surface area contributed by atoms with E-state index in [4.69, 9.17) is 18.9 Å². The lowest BCUT2D eigenvalue weighted by Crippen LogP contribution is -2.76. The molecular weight excluding hydrogens is 318 g/mol. The summed E-state index contributed by atoms with van der Waals surface area (Å²) in [6.07, 6.45) is 3.93. The first-order valence-corrected chi connectivity index (χ1v) is 9.66. The third kappa shape index (κ3) is 1.26. The van der Waals surface area contributed by atoms with Crippen LogP contribution in [0.25, 0.3) is 0 Å². The van der Waals surface area contributed by atoms with Crippen LogP contribution in [-0.2, 0) is 26.0 Å². The van der Waals surface area contributed by atoms with Crippen molar-refractivity contribution >= 4 is 0 Å². The van der Waals surface area contributed by atoms with Crippen LogP contribution in [0.4, 0.5) is 0 Å². The number of piperidine rings is 1. The zero-order valence-corrected chi connectivity index (χ0v) is 14.5. The monoisotopic (exact) mass is 341 g/mol. The highest BCUT2D eigenvalue weighted by molar-refractivity contribution is 5.61. The minimum absolute atomic E-state index is 0.0888. The van der Waals surface area contributed by atoms with Crippen molar-refractivity contribution in [1.82, 2.24) is 4.90 Å². The summed E-state index contributed by atoms with van der Waals surface area (Å²) in [5.41, 5.74) is 3.84. The summed E-state index contributed by atoms with van der Waals surface area (Å²) < 4.78 is 25.9. The first-order valence-electron chi connectivity index (χ1n) is 9.66. The summed E-state index contributed by atoms with van der Waals surface area (Å²) in [4.78, 5) is 2.55. The Morgan fingerprint density at radius 2 is 1.96 bits per heavy atom. The fourth-order valence-electron chi connectivity index (χ4n) is 7.12. The number of fused-ring (bicyclic) bond motifs is 1. The molecule has 4 aliphatic heterocycles. The molecule has 5 nitrogen and oxygen atoms in total. The van der Waals surface area contributed by atoms with Crippen molar-refractivity contribution in [2.45, 2.75) is 61.6 Å². The minimum atomic E-state index is -0.593. The maximum atomic E-state index is 6.74. The number of benzene rings is 1. The molecule has 1 unspecified atom stereocenters. The molecule has 1 saturated carbocycles. The van der Waals surface area contributed by atoms with Gasteiger partial charge in [0.15, 0.2) is 6.10 Å². The minimum Gasteiger partial charge on any atom is -0.483 e. The van der Waals surface area contributed by atoms with Gasteiger partial charge in [-0.2, -0.15) is 0 Å². The van der Waals surface area contributed by atoms with Crippen molar-refractivity contribution in [3.8, 4) is 5.75 Å². The number of hydrogen-bond acceptors (Lipinski definition) is 5. The smallest absolute Gasteiger partial charge is 0.207 e. The average Bonchev–Trinajstić information content (AvgIpc) is 3.27. The van der Waals surface area contributed by atoms with E-state index in [1.54, 1.807) is 0 Å². The van der Waals surface area contributed by atoms with Crippen molar-refractivity contribution in [2.75, 3.05) is 26.5 Å². The van der Waals surface area contributed by atoms with Crippen LogP contribution in [0, 0.1) is 6.92 Å². The van der Waals surface area contributed by atoms with E-state index >= 15 is 0 Å². The van der Waals surface area contributed by atoms with Gasteiger partial charge in [0.05, 0.1) is 24.2 Å². The Bertz CT molecular complexity index is 803. The second-order valence-electron chi connectivity index (χ2n) is 8.67. The van der Waals surface area contributed by atoms with Crippen molar-refractivity contribution in [1.29, 1.82) is 0 Å². The Balaban J connectivity index is 1.57. The van der Waals surface area contributed by atoms with E-state index in [9.17, 15) is 0 Å². The number of nitrogens with zero attached hydrogens (tertiary/aromatic N) is 1. The molecule has 0 aromatic heterocycles. The molecule has 4 bridgehead atoms. The van der Waals surface area contributed by atoms with Gasteiger partial charge < -0.3 is 18.9 Å². The quantitative estimate of drug-likeness (QED) is 0.721. The van der Waals surface area contributed by atoms with Crippen LogP contribution < -0.4 is 4.74 Å². The van der Waals surface area contributed by atoms with E-state index in [-0.39, 0.29) is 17.1 Å². The predicted molar refractivity (Wildman–Crippen MR) is 88.6 cm³/mol. The van der Waals surface area contributed by atoms with Crippen molar-refractivity contribution in [3.05, 3.63) is 28.8 Å². The molecule has 6 aliphatic rings. The molecule has 4 fully saturated rings. The predicted octanol–water partition coefficient (Wildman–Crippen LogP) is 1.89. The fourth-order valence-corrected chi connectivity index (χ4v) is 7.12. The number of aryl methyl sites for hydroxylation is 1. The van der Waals surface area contributed by atoms with Gasteiger partial charge in [-0.3, -0.25) is 4.90 Å². The van der Waals surface area contributed by atoms with E-state index in [0.29, 0.717) is 19.3 Å². The Kier molecular flexibility index (Phi) is 2.27. The molecule has 0 amide bonds. The van der Waals surface area contributed by atoms with Gasteiger partial charge >= 0.3 is 0 Å². The lowest BCUT2D eigenvalue weighted by molar-refractivity contribution is -0.283. The zero-order chi connectivity index (χ0) is 16.4. The van der Waals surface area contributed by atoms with Gasteiger partial charge in [-0.15, -0.1) is 0 Å².